The third kappa shape index (κ3) is 5.03. The zero-order valence-corrected chi connectivity index (χ0v) is 14.0. The summed E-state index contributed by atoms with van der Waals surface area (Å²) in [6.07, 6.45) is -8.60. The lowest BCUT2D eigenvalue weighted by Gasteiger charge is -2.30. The summed E-state index contributed by atoms with van der Waals surface area (Å²) < 4.78 is 66.6. The Bertz CT molecular complexity index is 435. The molecule has 0 radical (unpaired) electrons. The maximum Gasteiger partial charge on any atom is 0.539 e. The van der Waals surface area contributed by atoms with Gasteiger partial charge in [0.25, 0.3) is 6.36 Å². The molecule has 1 atom stereocenters. The van der Waals surface area contributed by atoms with Crippen molar-refractivity contribution < 1.29 is 30.8 Å². The highest BCUT2D eigenvalue weighted by Crippen LogP contribution is 2.27. The van der Waals surface area contributed by atoms with Crippen LogP contribution in [0, 0.1) is 0 Å². The monoisotopic (exact) mass is 390 g/mol. The van der Waals surface area contributed by atoms with E-state index in [1.807, 2.05) is 0 Å². The van der Waals surface area contributed by atoms with Crippen molar-refractivity contribution in [2.75, 3.05) is 13.2 Å². The first-order valence-corrected chi connectivity index (χ1v) is 8.69. The SMILES string of the molecule is CCO[Si](OCC)(OC(F)C(F)(F)F)c1ccc(Br)cc1. The second-order valence-electron chi connectivity index (χ2n) is 3.90. The first-order chi connectivity index (χ1) is 9.75. The summed E-state index contributed by atoms with van der Waals surface area (Å²) in [6.45, 7) is 3.22. The maximum atomic E-state index is 13.3. The van der Waals surface area contributed by atoms with E-state index in [1.165, 1.54) is 12.1 Å². The topological polar surface area (TPSA) is 27.7 Å². The standard InChI is InChI=1S/C12H15BrF4O3Si/c1-3-18-21(19-4-2,20-11(14)12(15,16)17)10-7-5-9(13)6-8-10/h5-8,11H,3-4H2,1-2H3. The first-order valence-electron chi connectivity index (χ1n) is 6.17. The van der Waals surface area contributed by atoms with Crippen molar-refractivity contribution in [3.63, 3.8) is 0 Å². The predicted molar refractivity (Wildman–Crippen MR) is 74.8 cm³/mol. The fraction of sp³-hybridized carbons (Fsp3) is 0.500. The van der Waals surface area contributed by atoms with Crippen molar-refractivity contribution in [3.05, 3.63) is 28.7 Å². The number of hydrogen-bond acceptors (Lipinski definition) is 3. The summed E-state index contributed by atoms with van der Waals surface area (Å²) in [6, 6.07) is 6.17. The minimum absolute atomic E-state index is 0.0346. The molecule has 0 aliphatic carbocycles. The Kier molecular flexibility index (Phi) is 6.79. The van der Waals surface area contributed by atoms with Gasteiger partial charge in [-0.25, -0.2) is 4.39 Å². The number of halogens is 5. The molecule has 0 amide bonds. The average Bonchev–Trinajstić information content (AvgIpc) is 2.38. The average molecular weight is 391 g/mol. The van der Waals surface area contributed by atoms with Crippen LogP contribution in [0.5, 0.6) is 0 Å². The number of hydrogen-bond donors (Lipinski definition) is 0. The van der Waals surface area contributed by atoms with E-state index in [9.17, 15) is 17.6 Å². The molecule has 0 aliphatic heterocycles. The van der Waals surface area contributed by atoms with Crippen LogP contribution in [0.25, 0.3) is 0 Å². The third-order valence-electron chi connectivity index (χ3n) is 2.38. The molecule has 0 bridgehead atoms. The molecular formula is C12H15BrF4O3Si. The second kappa shape index (κ2) is 7.68. The van der Waals surface area contributed by atoms with Gasteiger partial charge in [-0.3, -0.25) is 0 Å². The van der Waals surface area contributed by atoms with Gasteiger partial charge in [0.15, 0.2) is 0 Å². The van der Waals surface area contributed by atoms with E-state index >= 15 is 0 Å². The van der Waals surface area contributed by atoms with Crippen molar-refractivity contribution >= 4 is 29.9 Å². The van der Waals surface area contributed by atoms with Crippen LogP contribution in [0.3, 0.4) is 0 Å². The Balaban J connectivity index is 3.17. The van der Waals surface area contributed by atoms with Crippen molar-refractivity contribution in [3.8, 4) is 0 Å². The predicted octanol–water partition coefficient (Wildman–Crippen LogP) is 3.54. The van der Waals surface area contributed by atoms with Crippen molar-refractivity contribution in [2.24, 2.45) is 0 Å². The van der Waals surface area contributed by atoms with Crippen LogP contribution in [-0.2, 0) is 13.3 Å². The quantitative estimate of drug-likeness (QED) is 0.526. The Morgan fingerprint density at radius 2 is 1.57 bits per heavy atom. The minimum atomic E-state index is -5.14. The van der Waals surface area contributed by atoms with Gasteiger partial charge in [0.1, 0.15) is 0 Å². The Labute approximate surface area is 129 Å². The summed E-state index contributed by atoms with van der Waals surface area (Å²) in [4.78, 5) is 0. The number of rotatable bonds is 7. The highest BCUT2D eigenvalue weighted by Gasteiger charge is 2.53. The number of benzene rings is 1. The van der Waals surface area contributed by atoms with Gasteiger partial charge in [0.2, 0.25) is 0 Å². The molecule has 0 spiro atoms. The van der Waals surface area contributed by atoms with Crippen LogP contribution in [0.2, 0.25) is 0 Å². The first kappa shape index (κ1) is 18.6. The molecule has 120 valence electrons. The second-order valence-corrected chi connectivity index (χ2v) is 7.32. The summed E-state index contributed by atoms with van der Waals surface area (Å²) in [5.74, 6) is 0. The molecule has 0 saturated carbocycles. The summed E-state index contributed by atoms with van der Waals surface area (Å²) >= 11 is 3.21. The van der Waals surface area contributed by atoms with Gasteiger partial charge in [0.05, 0.1) is 0 Å². The minimum Gasteiger partial charge on any atom is -0.370 e. The van der Waals surface area contributed by atoms with Crippen LogP contribution in [0.15, 0.2) is 28.7 Å². The molecule has 1 aromatic carbocycles. The van der Waals surface area contributed by atoms with Crippen LogP contribution in [0.1, 0.15) is 13.8 Å². The van der Waals surface area contributed by atoms with E-state index in [2.05, 4.69) is 20.4 Å². The van der Waals surface area contributed by atoms with E-state index in [0.717, 1.165) is 4.47 Å². The Morgan fingerprint density at radius 1 is 1.10 bits per heavy atom. The van der Waals surface area contributed by atoms with Gasteiger partial charge in [-0.1, -0.05) is 28.1 Å². The molecule has 0 heterocycles. The van der Waals surface area contributed by atoms with Crippen molar-refractivity contribution in [2.45, 2.75) is 26.4 Å². The van der Waals surface area contributed by atoms with Crippen LogP contribution >= 0.6 is 15.9 Å². The Hall–Kier alpha value is -0.483. The van der Waals surface area contributed by atoms with Crippen LogP contribution in [0.4, 0.5) is 17.6 Å². The lowest BCUT2D eigenvalue weighted by Crippen LogP contribution is -2.59. The van der Waals surface area contributed by atoms with E-state index in [-0.39, 0.29) is 18.4 Å². The highest BCUT2D eigenvalue weighted by atomic mass is 79.9. The van der Waals surface area contributed by atoms with Gasteiger partial charge in [-0.05, 0) is 26.0 Å². The van der Waals surface area contributed by atoms with Crippen LogP contribution in [-0.4, -0.2) is 34.6 Å². The van der Waals surface area contributed by atoms with Crippen molar-refractivity contribution in [1.82, 2.24) is 0 Å². The fourth-order valence-electron chi connectivity index (χ4n) is 1.58. The lowest BCUT2D eigenvalue weighted by atomic mass is 10.4. The van der Waals surface area contributed by atoms with Crippen LogP contribution < -0.4 is 5.19 Å². The lowest BCUT2D eigenvalue weighted by molar-refractivity contribution is -0.248. The molecule has 0 N–H and O–H groups in total. The van der Waals surface area contributed by atoms with Gasteiger partial charge in [-0.15, -0.1) is 0 Å². The van der Waals surface area contributed by atoms with Gasteiger partial charge < -0.3 is 13.3 Å². The molecule has 1 unspecified atom stereocenters. The largest absolute Gasteiger partial charge is 0.539 e. The molecule has 0 fully saturated rings. The molecule has 0 aromatic heterocycles. The molecular weight excluding hydrogens is 376 g/mol. The summed E-state index contributed by atoms with van der Waals surface area (Å²) in [5.41, 5.74) is 0. The number of alkyl halides is 4. The third-order valence-corrected chi connectivity index (χ3v) is 5.81. The molecule has 3 nitrogen and oxygen atoms in total. The van der Waals surface area contributed by atoms with Crippen molar-refractivity contribution in [1.29, 1.82) is 0 Å². The van der Waals surface area contributed by atoms with Gasteiger partial charge >= 0.3 is 15.0 Å². The van der Waals surface area contributed by atoms with E-state index in [4.69, 9.17) is 8.85 Å². The molecule has 0 aliphatic rings. The molecule has 1 aromatic rings. The van der Waals surface area contributed by atoms with E-state index in [0.29, 0.717) is 0 Å². The van der Waals surface area contributed by atoms with E-state index < -0.39 is 21.3 Å². The zero-order valence-electron chi connectivity index (χ0n) is 11.4. The smallest absolute Gasteiger partial charge is 0.370 e. The molecule has 9 heteroatoms. The normalized spacial score (nSPS) is 14.2. The highest BCUT2D eigenvalue weighted by molar-refractivity contribution is 9.10. The van der Waals surface area contributed by atoms with E-state index in [1.54, 1.807) is 26.0 Å². The maximum absolute atomic E-state index is 13.3. The van der Waals surface area contributed by atoms with Gasteiger partial charge in [0, 0.05) is 22.9 Å². The molecule has 1 rings (SSSR count). The summed E-state index contributed by atoms with van der Waals surface area (Å²) in [7, 11) is -3.98. The summed E-state index contributed by atoms with van der Waals surface area (Å²) in [5, 5.41) is 0.265. The molecule has 21 heavy (non-hydrogen) atoms. The fourth-order valence-corrected chi connectivity index (χ4v) is 4.28. The molecule has 0 saturated heterocycles. The van der Waals surface area contributed by atoms with Gasteiger partial charge in [-0.2, -0.15) is 13.2 Å². The zero-order chi connectivity index (χ0) is 16.1. The Morgan fingerprint density at radius 3 is 1.95 bits per heavy atom.